The second-order valence-corrected chi connectivity index (χ2v) is 4.26. The Morgan fingerprint density at radius 3 is 2.16 bits per heavy atom. The number of benzene rings is 1. The first-order chi connectivity index (χ1) is 9.03. The van der Waals surface area contributed by atoms with Gasteiger partial charge in [0.2, 0.25) is 0 Å². The number of methoxy groups -OCH3 is 3. The molecule has 0 aliphatic heterocycles. The van der Waals surface area contributed by atoms with Crippen LogP contribution in [0.15, 0.2) is 28.8 Å². The molecule has 0 aliphatic carbocycles. The van der Waals surface area contributed by atoms with Gasteiger partial charge >= 0.3 is 5.97 Å². The topological polar surface area (TPSA) is 61.8 Å². The van der Waals surface area contributed by atoms with E-state index in [0.717, 1.165) is 12.2 Å². The number of hydrogen-bond acceptors (Lipinski definition) is 5. The Labute approximate surface area is 119 Å². The monoisotopic (exact) mass is 328 g/mol. The SMILES string of the molecule is COC(=O)C=CC(=O)c1cc(OC)c(OC)cc1Br. The number of hydrogen-bond donors (Lipinski definition) is 0. The molecular weight excluding hydrogens is 316 g/mol. The van der Waals surface area contributed by atoms with Gasteiger partial charge in [-0.2, -0.15) is 0 Å². The van der Waals surface area contributed by atoms with E-state index in [1.54, 1.807) is 6.07 Å². The Bertz CT molecular complexity index is 522. The lowest BCUT2D eigenvalue weighted by atomic mass is 10.1. The van der Waals surface area contributed by atoms with E-state index < -0.39 is 5.97 Å². The molecule has 1 aromatic carbocycles. The third kappa shape index (κ3) is 3.82. The number of ketones is 1. The molecule has 0 unspecified atom stereocenters. The van der Waals surface area contributed by atoms with Crippen molar-refractivity contribution in [1.29, 1.82) is 0 Å². The quantitative estimate of drug-likeness (QED) is 0.471. The van der Waals surface area contributed by atoms with Crippen molar-refractivity contribution in [3.63, 3.8) is 0 Å². The molecule has 0 aliphatic rings. The average Bonchev–Trinajstić information content (AvgIpc) is 2.43. The van der Waals surface area contributed by atoms with Gasteiger partial charge in [-0.15, -0.1) is 0 Å². The molecular formula is C13H13BrO5. The fourth-order valence-electron chi connectivity index (χ4n) is 1.34. The van der Waals surface area contributed by atoms with Crippen LogP contribution in [0.2, 0.25) is 0 Å². The van der Waals surface area contributed by atoms with Crippen molar-refractivity contribution in [3.05, 3.63) is 34.3 Å². The van der Waals surface area contributed by atoms with Gasteiger partial charge in [0, 0.05) is 16.1 Å². The normalized spacial score (nSPS) is 10.3. The van der Waals surface area contributed by atoms with Crippen molar-refractivity contribution in [3.8, 4) is 11.5 Å². The van der Waals surface area contributed by atoms with Crippen molar-refractivity contribution in [2.75, 3.05) is 21.3 Å². The summed E-state index contributed by atoms with van der Waals surface area (Å²) in [7, 11) is 4.22. The molecule has 5 nitrogen and oxygen atoms in total. The number of rotatable bonds is 5. The summed E-state index contributed by atoms with van der Waals surface area (Å²) in [6, 6.07) is 3.16. The van der Waals surface area contributed by atoms with Gasteiger partial charge in [0.25, 0.3) is 0 Å². The Hall–Kier alpha value is -1.82. The van der Waals surface area contributed by atoms with Crippen LogP contribution < -0.4 is 9.47 Å². The number of halogens is 1. The molecule has 0 bridgehead atoms. The third-order valence-electron chi connectivity index (χ3n) is 2.31. The van der Waals surface area contributed by atoms with Gasteiger partial charge in [-0.05, 0) is 34.1 Å². The Morgan fingerprint density at radius 1 is 1.05 bits per heavy atom. The largest absolute Gasteiger partial charge is 0.493 e. The van der Waals surface area contributed by atoms with Crippen LogP contribution in [0.3, 0.4) is 0 Å². The number of carbonyl (C=O) groups excluding carboxylic acids is 2. The highest BCUT2D eigenvalue weighted by molar-refractivity contribution is 9.10. The predicted octanol–water partition coefficient (Wildman–Crippen LogP) is 2.38. The van der Waals surface area contributed by atoms with E-state index in [4.69, 9.17) is 9.47 Å². The van der Waals surface area contributed by atoms with Gasteiger partial charge in [-0.3, -0.25) is 4.79 Å². The van der Waals surface area contributed by atoms with Crippen molar-refractivity contribution in [2.24, 2.45) is 0 Å². The summed E-state index contributed by atoms with van der Waals surface area (Å²) in [4.78, 5) is 22.9. The average molecular weight is 329 g/mol. The van der Waals surface area contributed by atoms with Gasteiger partial charge in [-0.1, -0.05) is 0 Å². The van der Waals surface area contributed by atoms with E-state index in [-0.39, 0.29) is 5.78 Å². The van der Waals surface area contributed by atoms with Crippen molar-refractivity contribution >= 4 is 27.7 Å². The Morgan fingerprint density at radius 2 is 1.63 bits per heavy atom. The predicted molar refractivity (Wildman–Crippen MR) is 72.7 cm³/mol. The molecule has 0 radical (unpaired) electrons. The maximum Gasteiger partial charge on any atom is 0.330 e. The molecule has 0 saturated heterocycles. The van der Waals surface area contributed by atoms with Crippen LogP contribution in [-0.2, 0) is 9.53 Å². The molecule has 0 N–H and O–H groups in total. The summed E-state index contributed by atoms with van der Waals surface area (Å²) in [5.41, 5.74) is 0.359. The summed E-state index contributed by atoms with van der Waals surface area (Å²) in [6.45, 7) is 0. The van der Waals surface area contributed by atoms with Crippen LogP contribution in [0.1, 0.15) is 10.4 Å². The molecule has 1 rings (SSSR count). The molecule has 0 amide bonds. The Balaban J connectivity index is 3.10. The van der Waals surface area contributed by atoms with Crippen LogP contribution in [-0.4, -0.2) is 33.1 Å². The van der Waals surface area contributed by atoms with E-state index in [1.165, 1.54) is 27.4 Å². The fraction of sp³-hybridized carbons (Fsp3) is 0.231. The highest BCUT2D eigenvalue weighted by Gasteiger charge is 2.14. The smallest absolute Gasteiger partial charge is 0.330 e. The molecule has 0 spiro atoms. The molecule has 0 saturated carbocycles. The van der Waals surface area contributed by atoms with E-state index in [1.807, 2.05) is 0 Å². The highest BCUT2D eigenvalue weighted by Crippen LogP contribution is 2.33. The molecule has 0 heterocycles. The zero-order valence-electron chi connectivity index (χ0n) is 10.7. The number of allylic oxidation sites excluding steroid dienone is 1. The van der Waals surface area contributed by atoms with Gasteiger partial charge in [-0.25, -0.2) is 4.79 Å². The third-order valence-corrected chi connectivity index (χ3v) is 2.97. The van der Waals surface area contributed by atoms with Crippen molar-refractivity contribution < 1.29 is 23.8 Å². The van der Waals surface area contributed by atoms with E-state index in [0.29, 0.717) is 21.5 Å². The molecule has 6 heteroatoms. The zero-order valence-corrected chi connectivity index (χ0v) is 12.3. The maximum absolute atomic E-state index is 11.9. The molecule has 0 aromatic heterocycles. The number of ether oxygens (including phenoxy) is 3. The van der Waals surface area contributed by atoms with Gasteiger partial charge in [0.05, 0.1) is 21.3 Å². The summed E-state index contributed by atoms with van der Waals surface area (Å²) in [6.07, 6.45) is 2.20. The standard InChI is InChI=1S/C13H13BrO5/c1-17-11-6-8(9(14)7-12(11)18-2)10(15)4-5-13(16)19-3/h4-7H,1-3H3. The first-order valence-electron chi connectivity index (χ1n) is 5.25. The molecule has 19 heavy (non-hydrogen) atoms. The molecule has 1 aromatic rings. The zero-order chi connectivity index (χ0) is 14.4. The second kappa shape index (κ2) is 6.94. The second-order valence-electron chi connectivity index (χ2n) is 3.41. The maximum atomic E-state index is 11.9. The highest BCUT2D eigenvalue weighted by atomic mass is 79.9. The van der Waals surface area contributed by atoms with Crippen LogP contribution in [0.25, 0.3) is 0 Å². The minimum atomic E-state index is -0.593. The summed E-state index contributed by atoms with van der Waals surface area (Å²) in [5, 5.41) is 0. The van der Waals surface area contributed by atoms with Crippen LogP contribution >= 0.6 is 15.9 Å². The van der Waals surface area contributed by atoms with Crippen molar-refractivity contribution in [1.82, 2.24) is 0 Å². The van der Waals surface area contributed by atoms with E-state index in [9.17, 15) is 9.59 Å². The summed E-state index contributed by atoms with van der Waals surface area (Å²) in [5.74, 6) is -0.00781. The molecule has 102 valence electrons. The number of carbonyl (C=O) groups is 2. The van der Waals surface area contributed by atoms with Gasteiger partial charge in [0.15, 0.2) is 17.3 Å². The van der Waals surface area contributed by atoms with Crippen LogP contribution in [0, 0.1) is 0 Å². The lowest BCUT2D eigenvalue weighted by Gasteiger charge is -2.10. The minimum Gasteiger partial charge on any atom is -0.493 e. The van der Waals surface area contributed by atoms with Gasteiger partial charge < -0.3 is 14.2 Å². The van der Waals surface area contributed by atoms with Crippen molar-refractivity contribution in [2.45, 2.75) is 0 Å². The summed E-state index contributed by atoms with van der Waals surface area (Å²) < 4.78 is 15.2. The minimum absolute atomic E-state index is 0.349. The van der Waals surface area contributed by atoms with E-state index >= 15 is 0 Å². The molecule has 0 fully saturated rings. The Kier molecular flexibility index (Phi) is 5.57. The first kappa shape index (κ1) is 15.2. The lowest BCUT2D eigenvalue weighted by molar-refractivity contribution is -0.134. The van der Waals surface area contributed by atoms with Crippen LogP contribution in [0.5, 0.6) is 11.5 Å². The molecule has 0 atom stereocenters. The van der Waals surface area contributed by atoms with Crippen LogP contribution in [0.4, 0.5) is 0 Å². The lowest BCUT2D eigenvalue weighted by Crippen LogP contribution is -2.01. The van der Waals surface area contributed by atoms with Gasteiger partial charge in [0.1, 0.15) is 0 Å². The fourth-order valence-corrected chi connectivity index (χ4v) is 1.86. The van der Waals surface area contributed by atoms with E-state index in [2.05, 4.69) is 20.7 Å². The number of esters is 1. The summed E-state index contributed by atoms with van der Waals surface area (Å²) >= 11 is 3.27. The first-order valence-corrected chi connectivity index (χ1v) is 6.04.